The van der Waals surface area contributed by atoms with Crippen LogP contribution < -0.4 is 33.9 Å². The Balaban J connectivity index is 2.02. The summed E-state index contributed by atoms with van der Waals surface area (Å²) in [6, 6.07) is -0.0285. The van der Waals surface area contributed by atoms with Crippen molar-refractivity contribution < 1.29 is 24.0 Å². The van der Waals surface area contributed by atoms with Gasteiger partial charge in [0.25, 0.3) is 0 Å². The molecule has 1 aromatic heterocycles. The van der Waals surface area contributed by atoms with E-state index in [4.69, 9.17) is 27.7 Å². The number of carbonyl (C=O) groups excluding carboxylic acids is 1. The molecule has 10 N–H and O–H groups in total. The molecule has 0 unspecified atom stereocenters. The molecule has 0 saturated carbocycles. The van der Waals surface area contributed by atoms with E-state index in [1.807, 2.05) is 0 Å². The third-order valence-corrected chi connectivity index (χ3v) is 4.52. The quantitative estimate of drug-likeness (QED) is 0.107. The van der Waals surface area contributed by atoms with Crippen LogP contribution in [0.1, 0.15) is 19.1 Å². The predicted octanol–water partition coefficient (Wildman–Crippen LogP) is -3.13. The summed E-state index contributed by atoms with van der Waals surface area (Å²) in [5, 5.41) is 12.1. The molecule has 0 aromatic carbocycles. The normalized spacial score (nSPS) is 21.6. The van der Waals surface area contributed by atoms with Gasteiger partial charge in [0.1, 0.15) is 5.82 Å². The zero-order valence-corrected chi connectivity index (χ0v) is 16.5. The second-order valence-corrected chi connectivity index (χ2v) is 6.91. The van der Waals surface area contributed by atoms with Gasteiger partial charge in [0.05, 0.1) is 19.6 Å². The number of nitrogens with two attached hydrogens (primary N) is 4. The summed E-state index contributed by atoms with van der Waals surface area (Å²) in [4.78, 5) is 39.5. The van der Waals surface area contributed by atoms with Gasteiger partial charge in [-0.05, 0) is 18.6 Å². The highest BCUT2D eigenvalue weighted by Crippen LogP contribution is 2.20. The van der Waals surface area contributed by atoms with Crippen molar-refractivity contribution in [3.8, 4) is 0 Å². The summed E-state index contributed by atoms with van der Waals surface area (Å²) >= 11 is 0. The van der Waals surface area contributed by atoms with Gasteiger partial charge in [-0.1, -0.05) is 6.08 Å². The minimum absolute atomic E-state index is 0.0280. The van der Waals surface area contributed by atoms with Crippen LogP contribution in [0.4, 0.5) is 5.82 Å². The summed E-state index contributed by atoms with van der Waals surface area (Å²) in [5.74, 6) is -1.56. The number of aromatic nitrogens is 2. The Morgan fingerprint density at radius 3 is 2.70 bits per heavy atom. The number of nitrogens with zero attached hydrogens (tertiary/aromatic N) is 3. The molecule has 1 aliphatic rings. The van der Waals surface area contributed by atoms with Crippen molar-refractivity contribution in [2.45, 2.75) is 37.3 Å². The number of rotatable bonds is 8. The molecule has 164 valence electrons. The third kappa shape index (κ3) is 6.02. The van der Waals surface area contributed by atoms with Gasteiger partial charge < -0.3 is 26.6 Å². The molecule has 13 nitrogen and oxygen atoms in total. The van der Waals surface area contributed by atoms with E-state index in [2.05, 4.69) is 10.3 Å². The number of nitrogens with one attached hydrogen (secondary N) is 1. The Morgan fingerprint density at radius 2 is 2.10 bits per heavy atom. The van der Waals surface area contributed by atoms with Gasteiger partial charge in [0.15, 0.2) is 12.3 Å². The van der Waals surface area contributed by atoms with Crippen LogP contribution in [0.15, 0.2) is 29.2 Å². The molecule has 4 atom stereocenters. The monoisotopic (exact) mass is 423 g/mol. The van der Waals surface area contributed by atoms with Crippen LogP contribution >= 0.6 is 0 Å². The first-order chi connectivity index (χ1) is 14.1. The smallest absolute Gasteiger partial charge is 0.351 e. The fraction of sp³-hybridized carbons (Fsp3) is 0.471. The van der Waals surface area contributed by atoms with E-state index in [0.717, 1.165) is 4.57 Å². The highest BCUT2D eigenvalue weighted by Gasteiger charge is 2.35. The minimum Gasteiger partial charge on any atom is -0.479 e. The molecule has 1 aromatic rings. The molecule has 0 radical (unpaired) electrons. The number of amides is 1. The third-order valence-electron chi connectivity index (χ3n) is 4.52. The number of carboxylic acid groups (broad SMARTS) is 1. The van der Waals surface area contributed by atoms with E-state index in [0.29, 0.717) is 13.0 Å². The van der Waals surface area contributed by atoms with Crippen LogP contribution in [0.2, 0.25) is 0 Å². The number of anilines is 1. The Labute approximate surface area is 172 Å². The maximum Gasteiger partial charge on any atom is 0.351 e. The van der Waals surface area contributed by atoms with E-state index in [-0.39, 0.29) is 18.2 Å². The number of hydrogen-bond donors (Lipinski definition) is 6. The van der Waals surface area contributed by atoms with Crippen molar-refractivity contribution in [2.75, 3.05) is 19.3 Å². The number of ether oxygens (including phenoxy) is 1. The van der Waals surface area contributed by atoms with Crippen molar-refractivity contribution >= 4 is 23.7 Å². The van der Waals surface area contributed by atoms with Crippen molar-refractivity contribution in [3.63, 3.8) is 0 Å². The van der Waals surface area contributed by atoms with Gasteiger partial charge in [-0.25, -0.2) is 9.59 Å². The van der Waals surface area contributed by atoms with Gasteiger partial charge in [-0.2, -0.15) is 4.98 Å². The van der Waals surface area contributed by atoms with Crippen LogP contribution in [-0.2, 0) is 14.3 Å². The van der Waals surface area contributed by atoms with Crippen LogP contribution in [0.3, 0.4) is 0 Å². The highest BCUT2D eigenvalue weighted by atomic mass is 16.5. The molecule has 0 bridgehead atoms. The molecule has 0 fully saturated rings. The number of carbonyl (C=O) groups is 2. The summed E-state index contributed by atoms with van der Waals surface area (Å²) < 4.78 is 8.18. The van der Waals surface area contributed by atoms with Gasteiger partial charge >= 0.3 is 17.6 Å². The first kappa shape index (κ1) is 22.8. The largest absolute Gasteiger partial charge is 0.479 e. The lowest BCUT2D eigenvalue weighted by Gasteiger charge is -2.31. The van der Waals surface area contributed by atoms with Crippen molar-refractivity contribution in [2.24, 2.45) is 17.2 Å². The lowest BCUT2D eigenvalue weighted by molar-refractivity contribution is -0.500. The number of hydrogen-bond acceptors (Lipinski definition) is 7. The fourth-order valence-electron chi connectivity index (χ4n) is 2.78. The van der Waals surface area contributed by atoms with E-state index in [1.165, 1.54) is 24.4 Å². The first-order valence-electron chi connectivity index (χ1n) is 9.13. The minimum atomic E-state index is -1.41. The average Bonchev–Trinajstić information content (AvgIpc) is 2.66. The predicted molar refractivity (Wildman–Crippen MR) is 107 cm³/mol. The van der Waals surface area contributed by atoms with Gasteiger partial charge in [-0.3, -0.25) is 25.4 Å². The molecule has 0 aliphatic carbocycles. The first-order valence-corrected chi connectivity index (χ1v) is 9.13. The lowest BCUT2D eigenvalue weighted by Crippen LogP contribution is -2.51. The van der Waals surface area contributed by atoms with Crippen LogP contribution in [0.5, 0.6) is 0 Å². The number of nitrogen functional groups attached to an aromatic ring is 1. The SMILES string of the molecule is C[N+](CC[C@H](N)CC(=O)N[C@@H]1C=C[C@H](n2ccc(N)nc2=O)O[C@@H]1C(=O)O)=C(N)N. The maximum absolute atomic E-state index is 12.3. The molecular weight excluding hydrogens is 396 g/mol. The molecule has 1 amide bonds. The maximum atomic E-state index is 12.3. The van der Waals surface area contributed by atoms with Crippen LogP contribution in [0.25, 0.3) is 0 Å². The van der Waals surface area contributed by atoms with E-state index >= 15 is 0 Å². The summed E-state index contributed by atoms with van der Waals surface area (Å²) in [6.07, 6.45) is 2.27. The van der Waals surface area contributed by atoms with Gasteiger partial charge in [-0.15, -0.1) is 0 Å². The second kappa shape index (κ2) is 9.84. The van der Waals surface area contributed by atoms with Crippen molar-refractivity contribution in [3.05, 3.63) is 34.9 Å². The molecular formula is C17H27N8O5+. The summed E-state index contributed by atoms with van der Waals surface area (Å²) in [5.41, 5.74) is 21.6. The fourth-order valence-corrected chi connectivity index (χ4v) is 2.78. The average molecular weight is 423 g/mol. The Kier molecular flexibility index (Phi) is 7.49. The van der Waals surface area contributed by atoms with Crippen LogP contribution in [0, 0.1) is 0 Å². The second-order valence-electron chi connectivity index (χ2n) is 6.91. The van der Waals surface area contributed by atoms with Crippen LogP contribution in [-0.4, -0.2) is 68.8 Å². The van der Waals surface area contributed by atoms with Crippen molar-refractivity contribution in [1.29, 1.82) is 0 Å². The highest BCUT2D eigenvalue weighted by molar-refractivity contribution is 5.80. The van der Waals surface area contributed by atoms with Gasteiger partial charge in [0, 0.05) is 18.7 Å². The number of guanidine groups is 1. The molecule has 13 heteroatoms. The van der Waals surface area contributed by atoms with E-state index in [9.17, 15) is 19.5 Å². The Hall–Kier alpha value is -3.45. The standard InChI is InChI=1S/C17H26N8O5/c1-24(16(20)21)6-4-9(18)8-12(26)22-10-2-3-13(30-14(10)15(27)28)25-7-5-11(19)23-17(25)29/h2-3,5,7,9-10,13-14H,4,6,8,18H2,1H3,(H7,19,20,21,22,23,26,27,28,29)/p+1/t9-,10+,13+,14-/m0/s1. The molecule has 0 saturated heterocycles. The molecule has 0 spiro atoms. The summed E-state index contributed by atoms with van der Waals surface area (Å²) in [6.45, 7) is 0.465. The number of carboxylic acids is 1. The molecule has 30 heavy (non-hydrogen) atoms. The van der Waals surface area contributed by atoms with Crippen molar-refractivity contribution in [1.82, 2.24) is 14.9 Å². The molecule has 2 rings (SSSR count). The molecule has 2 heterocycles. The van der Waals surface area contributed by atoms with E-state index in [1.54, 1.807) is 11.6 Å². The van der Waals surface area contributed by atoms with E-state index < -0.39 is 42.0 Å². The topological polar surface area (TPSA) is 218 Å². The van der Waals surface area contributed by atoms with Gasteiger partial charge in [0.2, 0.25) is 5.91 Å². The summed E-state index contributed by atoms with van der Waals surface area (Å²) in [7, 11) is 1.70. The Morgan fingerprint density at radius 1 is 1.40 bits per heavy atom. The Bertz CT molecular complexity index is 908. The zero-order valence-electron chi connectivity index (χ0n) is 16.5. The lowest BCUT2D eigenvalue weighted by atomic mass is 10.1. The zero-order chi connectivity index (χ0) is 22.4. The molecule has 1 aliphatic heterocycles. The number of aliphatic carboxylic acids is 1.